The number of para-hydroxylation sites is 1. The van der Waals surface area contributed by atoms with Crippen LogP contribution in [0, 0.1) is 17.0 Å². The molecule has 1 heterocycles. The Kier molecular flexibility index (Phi) is 8.50. The zero-order valence-corrected chi connectivity index (χ0v) is 23.1. The van der Waals surface area contributed by atoms with Gasteiger partial charge in [-0.1, -0.05) is 48.0 Å². The van der Waals surface area contributed by atoms with Gasteiger partial charge in [0.05, 0.1) is 22.0 Å². The fraction of sp³-hybridized carbons (Fsp3) is 0.214. The molecule has 4 aromatic rings. The highest BCUT2D eigenvalue weighted by Gasteiger charge is 2.17. The molecule has 0 saturated carbocycles. The predicted octanol–water partition coefficient (Wildman–Crippen LogP) is 5.79. The Morgan fingerprint density at radius 1 is 1.23 bits per heavy atom. The number of carbonyl (C=O) groups is 1. The SMILES string of the molecule is CC[C@H](C)c1nc2ccc(Br)cc2c(=O)n1N=Cc1cc([N+](=O)[O-])ccc1OCC(=O)Nc1ccccc1C. The van der Waals surface area contributed by atoms with Crippen LogP contribution in [0.3, 0.4) is 0 Å². The number of nitrogens with one attached hydrogen (secondary N) is 1. The summed E-state index contributed by atoms with van der Waals surface area (Å²) in [5.41, 5.74) is 1.76. The molecule has 10 nitrogen and oxygen atoms in total. The number of nitrogens with zero attached hydrogens (tertiary/aromatic N) is 4. The van der Waals surface area contributed by atoms with Gasteiger partial charge < -0.3 is 10.1 Å². The molecule has 11 heteroatoms. The quantitative estimate of drug-likeness (QED) is 0.149. The summed E-state index contributed by atoms with van der Waals surface area (Å²) in [5.74, 6) is 0.164. The summed E-state index contributed by atoms with van der Waals surface area (Å²) in [6, 6.07) is 16.5. The Morgan fingerprint density at radius 2 is 2.00 bits per heavy atom. The molecule has 0 aliphatic carbocycles. The Bertz CT molecular complexity index is 1650. The van der Waals surface area contributed by atoms with Crippen LogP contribution in [-0.2, 0) is 4.79 Å². The number of amides is 1. The number of hydrogen-bond donors (Lipinski definition) is 1. The third-order valence-electron chi connectivity index (χ3n) is 6.18. The largest absolute Gasteiger partial charge is 0.483 e. The highest BCUT2D eigenvalue weighted by atomic mass is 79.9. The fourth-order valence-corrected chi connectivity index (χ4v) is 4.18. The molecule has 1 atom stereocenters. The second kappa shape index (κ2) is 12.0. The van der Waals surface area contributed by atoms with Crippen molar-refractivity contribution >= 4 is 50.3 Å². The van der Waals surface area contributed by atoms with Crippen molar-refractivity contribution in [3.8, 4) is 5.75 Å². The minimum atomic E-state index is -0.544. The maximum atomic E-state index is 13.4. The monoisotopic (exact) mass is 591 g/mol. The molecule has 3 aromatic carbocycles. The third kappa shape index (κ3) is 6.37. The number of ether oxygens (including phenoxy) is 1. The number of carbonyl (C=O) groups excluding carboxylic acids is 1. The first-order valence-electron chi connectivity index (χ1n) is 12.2. The number of nitro benzene ring substituents is 1. The van der Waals surface area contributed by atoms with E-state index < -0.39 is 10.8 Å². The Morgan fingerprint density at radius 3 is 2.72 bits per heavy atom. The molecule has 0 aliphatic rings. The van der Waals surface area contributed by atoms with Gasteiger partial charge in [-0.15, -0.1) is 0 Å². The number of non-ortho nitro benzene ring substituents is 1. The van der Waals surface area contributed by atoms with Gasteiger partial charge in [-0.2, -0.15) is 9.78 Å². The van der Waals surface area contributed by atoms with Crippen LogP contribution in [0.5, 0.6) is 5.75 Å². The third-order valence-corrected chi connectivity index (χ3v) is 6.67. The topological polar surface area (TPSA) is 129 Å². The van der Waals surface area contributed by atoms with Crippen molar-refractivity contribution in [1.82, 2.24) is 9.66 Å². The summed E-state index contributed by atoms with van der Waals surface area (Å²) >= 11 is 3.39. The predicted molar refractivity (Wildman–Crippen MR) is 154 cm³/mol. The fourth-order valence-electron chi connectivity index (χ4n) is 3.82. The average molecular weight is 592 g/mol. The number of hydrogen-bond acceptors (Lipinski definition) is 7. The second-order valence-corrected chi connectivity index (χ2v) is 9.85. The number of aromatic nitrogens is 2. The molecular formula is C28H26BrN5O5. The molecule has 0 aliphatic heterocycles. The number of benzene rings is 3. The minimum Gasteiger partial charge on any atom is -0.483 e. The lowest BCUT2D eigenvalue weighted by molar-refractivity contribution is -0.384. The summed E-state index contributed by atoms with van der Waals surface area (Å²) < 4.78 is 7.64. The summed E-state index contributed by atoms with van der Waals surface area (Å²) in [6.45, 7) is 5.45. The first-order valence-corrected chi connectivity index (χ1v) is 13.0. The van der Waals surface area contributed by atoms with Crippen molar-refractivity contribution in [3.63, 3.8) is 0 Å². The first-order chi connectivity index (χ1) is 18.7. The van der Waals surface area contributed by atoms with E-state index in [-0.39, 0.29) is 35.1 Å². The van der Waals surface area contributed by atoms with Crippen LogP contribution in [-0.4, -0.2) is 33.3 Å². The van der Waals surface area contributed by atoms with Crippen LogP contribution in [0.25, 0.3) is 10.9 Å². The van der Waals surface area contributed by atoms with Crippen molar-refractivity contribution in [2.24, 2.45) is 5.10 Å². The van der Waals surface area contributed by atoms with E-state index in [0.717, 1.165) is 10.0 Å². The lowest BCUT2D eigenvalue weighted by atomic mass is 10.1. The molecule has 39 heavy (non-hydrogen) atoms. The van der Waals surface area contributed by atoms with E-state index in [0.29, 0.717) is 28.8 Å². The van der Waals surface area contributed by atoms with Crippen LogP contribution in [0.2, 0.25) is 0 Å². The lowest BCUT2D eigenvalue weighted by Gasteiger charge is -2.14. The zero-order valence-electron chi connectivity index (χ0n) is 21.6. The van der Waals surface area contributed by atoms with E-state index in [9.17, 15) is 19.7 Å². The highest BCUT2D eigenvalue weighted by molar-refractivity contribution is 9.10. The second-order valence-electron chi connectivity index (χ2n) is 8.93. The first kappa shape index (κ1) is 27.6. The van der Waals surface area contributed by atoms with Crippen molar-refractivity contribution in [2.75, 3.05) is 11.9 Å². The molecule has 4 rings (SSSR count). The van der Waals surface area contributed by atoms with Crippen LogP contribution >= 0.6 is 15.9 Å². The normalized spacial score (nSPS) is 12.0. The molecule has 0 fully saturated rings. The smallest absolute Gasteiger partial charge is 0.282 e. The summed E-state index contributed by atoms with van der Waals surface area (Å²) in [7, 11) is 0. The Balaban J connectivity index is 1.70. The van der Waals surface area contributed by atoms with E-state index in [4.69, 9.17) is 4.74 Å². The van der Waals surface area contributed by atoms with E-state index >= 15 is 0 Å². The van der Waals surface area contributed by atoms with E-state index in [1.54, 1.807) is 18.2 Å². The van der Waals surface area contributed by atoms with E-state index in [1.807, 2.05) is 45.0 Å². The lowest BCUT2D eigenvalue weighted by Crippen LogP contribution is -2.24. The molecule has 1 N–H and O–H groups in total. The number of nitro groups is 1. The number of aryl methyl sites for hydroxylation is 1. The van der Waals surface area contributed by atoms with Crippen LogP contribution < -0.4 is 15.6 Å². The van der Waals surface area contributed by atoms with Gasteiger partial charge in [0.1, 0.15) is 11.6 Å². The maximum Gasteiger partial charge on any atom is 0.282 e. The summed E-state index contributed by atoms with van der Waals surface area (Å²) in [6.07, 6.45) is 2.02. The van der Waals surface area contributed by atoms with Gasteiger partial charge in [-0.05, 0) is 49.2 Å². The summed E-state index contributed by atoms with van der Waals surface area (Å²) in [4.78, 5) is 41.5. The number of halogens is 1. The van der Waals surface area contributed by atoms with Crippen molar-refractivity contribution < 1.29 is 14.5 Å². The average Bonchev–Trinajstić information content (AvgIpc) is 2.92. The van der Waals surface area contributed by atoms with Crippen LogP contribution in [0.15, 0.2) is 75.0 Å². The number of rotatable bonds is 9. The molecule has 0 spiro atoms. The molecule has 0 unspecified atom stereocenters. The summed E-state index contributed by atoms with van der Waals surface area (Å²) in [5, 5.41) is 19.0. The minimum absolute atomic E-state index is 0.0890. The van der Waals surface area contributed by atoms with Gasteiger partial charge in [0, 0.05) is 33.8 Å². The van der Waals surface area contributed by atoms with Gasteiger partial charge in [0.15, 0.2) is 6.61 Å². The van der Waals surface area contributed by atoms with Crippen molar-refractivity contribution in [3.05, 3.63) is 103 Å². The number of anilines is 1. The molecular weight excluding hydrogens is 566 g/mol. The van der Waals surface area contributed by atoms with Crippen LogP contribution in [0.1, 0.15) is 43.1 Å². The molecule has 0 saturated heterocycles. The molecule has 1 amide bonds. The zero-order chi connectivity index (χ0) is 28.1. The van der Waals surface area contributed by atoms with Gasteiger partial charge in [-0.25, -0.2) is 4.98 Å². The molecule has 0 radical (unpaired) electrons. The Labute approximate surface area is 232 Å². The maximum absolute atomic E-state index is 13.4. The Hall–Kier alpha value is -4.38. The standard InChI is InChI=1S/C28H26BrN5O5/c1-4-17(2)27-32-24-11-9-20(29)14-22(24)28(36)33(27)30-15-19-13-21(34(37)38)10-12-25(19)39-16-26(35)31-23-8-6-5-7-18(23)3/h5-15,17H,4,16H2,1-3H3,(H,31,35)/t17-/m0/s1. The highest BCUT2D eigenvalue weighted by Crippen LogP contribution is 2.24. The van der Waals surface area contributed by atoms with Gasteiger partial charge in [0.2, 0.25) is 0 Å². The van der Waals surface area contributed by atoms with Crippen LogP contribution in [0.4, 0.5) is 11.4 Å². The van der Waals surface area contributed by atoms with Crippen molar-refractivity contribution in [2.45, 2.75) is 33.1 Å². The van der Waals surface area contributed by atoms with E-state index in [1.165, 1.54) is 29.1 Å². The van der Waals surface area contributed by atoms with Gasteiger partial charge in [-0.3, -0.25) is 19.7 Å². The molecule has 0 bridgehead atoms. The van der Waals surface area contributed by atoms with Gasteiger partial charge in [0.25, 0.3) is 17.2 Å². The molecule has 1 aromatic heterocycles. The van der Waals surface area contributed by atoms with Gasteiger partial charge >= 0.3 is 0 Å². The molecule has 200 valence electrons. The van der Waals surface area contributed by atoms with E-state index in [2.05, 4.69) is 31.3 Å². The number of fused-ring (bicyclic) bond motifs is 1. The van der Waals surface area contributed by atoms with Crippen molar-refractivity contribution in [1.29, 1.82) is 0 Å².